The molecule has 66 valence electrons. The Balaban J connectivity index is 2.16. The van der Waals surface area contributed by atoms with Crippen LogP contribution < -0.4 is 0 Å². The fourth-order valence-corrected chi connectivity index (χ4v) is 1.30. The standard InChI is InChI=1S/C7H10N2O3/c10-5-2-12-7(6(5)11)4-1-8-3-9-4/h1,3,5-7,10-11H,2H2,(H,8,9)/t5-,6+,7+/m0/s1. The molecule has 1 aliphatic rings. The van der Waals surface area contributed by atoms with Crippen LogP contribution in [0.15, 0.2) is 12.5 Å². The van der Waals surface area contributed by atoms with Crippen LogP contribution in [0.3, 0.4) is 0 Å². The van der Waals surface area contributed by atoms with Gasteiger partial charge in [-0.1, -0.05) is 0 Å². The fourth-order valence-electron chi connectivity index (χ4n) is 1.30. The number of aliphatic hydroxyl groups excluding tert-OH is 2. The molecule has 3 atom stereocenters. The van der Waals surface area contributed by atoms with Crippen LogP contribution >= 0.6 is 0 Å². The molecule has 0 bridgehead atoms. The molecule has 1 saturated heterocycles. The first kappa shape index (κ1) is 7.72. The van der Waals surface area contributed by atoms with Crippen molar-refractivity contribution < 1.29 is 14.9 Å². The van der Waals surface area contributed by atoms with E-state index in [1.165, 1.54) is 6.33 Å². The van der Waals surface area contributed by atoms with Crippen LogP contribution in [0.1, 0.15) is 11.8 Å². The van der Waals surface area contributed by atoms with Crippen LogP contribution in [0.4, 0.5) is 0 Å². The Morgan fingerprint density at radius 2 is 2.42 bits per heavy atom. The van der Waals surface area contributed by atoms with E-state index < -0.39 is 18.3 Å². The summed E-state index contributed by atoms with van der Waals surface area (Å²) in [6.45, 7) is 0.171. The molecule has 0 spiro atoms. The summed E-state index contributed by atoms with van der Waals surface area (Å²) < 4.78 is 5.15. The first-order valence-corrected chi connectivity index (χ1v) is 3.75. The predicted molar refractivity (Wildman–Crippen MR) is 39.3 cm³/mol. The summed E-state index contributed by atoms with van der Waals surface area (Å²) in [7, 11) is 0. The molecule has 1 aliphatic heterocycles. The quantitative estimate of drug-likeness (QED) is 0.515. The number of nitrogens with one attached hydrogen (secondary N) is 1. The van der Waals surface area contributed by atoms with E-state index in [0.29, 0.717) is 5.69 Å². The summed E-state index contributed by atoms with van der Waals surface area (Å²) in [6, 6.07) is 0. The number of hydrogen-bond acceptors (Lipinski definition) is 4. The van der Waals surface area contributed by atoms with Gasteiger partial charge in [0.1, 0.15) is 18.3 Å². The number of ether oxygens (including phenoxy) is 1. The van der Waals surface area contributed by atoms with Crippen molar-refractivity contribution in [2.24, 2.45) is 0 Å². The Morgan fingerprint density at radius 1 is 1.58 bits per heavy atom. The number of aliphatic hydroxyl groups is 2. The Labute approximate surface area is 69.0 Å². The highest BCUT2D eigenvalue weighted by Gasteiger charge is 2.36. The zero-order valence-corrected chi connectivity index (χ0v) is 6.34. The van der Waals surface area contributed by atoms with Crippen LogP contribution in [0.5, 0.6) is 0 Å². The highest BCUT2D eigenvalue weighted by Crippen LogP contribution is 2.27. The Kier molecular flexibility index (Phi) is 1.84. The van der Waals surface area contributed by atoms with E-state index in [9.17, 15) is 5.11 Å². The normalized spacial score (nSPS) is 35.7. The largest absolute Gasteiger partial charge is 0.388 e. The van der Waals surface area contributed by atoms with Gasteiger partial charge in [0.2, 0.25) is 0 Å². The minimum atomic E-state index is -0.856. The number of imidazole rings is 1. The second kappa shape index (κ2) is 2.85. The molecule has 5 nitrogen and oxygen atoms in total. The third kappa shape index (κ3) is 1.12. The smallest absolute Gasteiger partial charge is 0.127 e. The lowest BCUT2D eigenvalue weighted by molar-refractivity contribution is 0.0207. The van der Waals surface area contributed by atoms with E-state index in [-0.39, 0.29) is 6.61 Å². The summed E-state index contributed by atoms with van der Waals surface area (Å²) >= 11 is 0. The summed E-state index contributed by atoms with van der Waals surface area (Å²) in [5.74, 6) is 0. The molecule has 2 heterocycles. The monoisotopic (exact) mass is 170 g/mol. The van der Waals surface area contributed by atoms with Gasteiger partial charge in [0.05, 0.1) is 24.8 Å². The van der Waals surface area contributed by atoms with Gasteiger partial charge in [-0.15, -0.1) is 0 Å². The number of nitrogens with zero attached hydrogens (tertiary/aromatic N) is 1. The minimum Gasteiger partial charge on any atom is -0.388 e. The topological polar surface area (TPSA) is 78.4 Å². The first-order valence-electron chi connectivity index (χ1n) is 3.75. The molecule has 5 heteroatoms. The van der Waals surface area contributed by atoms with Crippen molar-refractivity contribution in [3.8, 4) is 0 Å². The highest BCUT2D eigenvalue weighted by atomic mass is 16.5. The maximum absolute atomic E-state index is 9.41. The molecule has 0 radical (unpaired) electrons. The lowest BCUT2D eigenvalue weighted by Crippen LogP contribution is -2.25. The van der Waals surface area contributed by atoms with Gasteiger partial charge in [0.25, 0.3) is 0 Å². The first-order chi connectivity index (χ1) is 5.79. The van der Waals surface area contributed by atoms with E-state index in [1.807, 2.05) is 0 Å². The molecule has 0 aliphatic carbocycles. The number of aromatic amines is 1. The molecule has 0 unspecified atom stereocenters. The van der Waals surface area contributed by atoms with Crippen LogP contribution in [-0.4, -0.2) is 39.0 Å². The third-order valence-corrected chi connectivity index (χ3v) is 1.98. The van der Waals surface area contributed by atoms with Gasteiger partial charge in [0, 0.05) is 0 Å². The molecule has 3 N–H and O–H groups in total. The minimum absolute atomic E-state index is 0.171. The molecule has 1 fully saturated rings. The van der Waals surface area contributed by atoms with Gasteiger partial charge in [-0.25, -0.2) is 4.98 Å². The van der Waals surface area contributed by atoms with Crippen molar-refractivity contribution in [2.75, 3.05) is 6.61 Å². The van der Waals surface area contributed by atoms with Crippen LogP contribution in [0, 0.1) is 0 Å². The Hall–Kier alpha value is -0.910. The molecule has 12 heavy (non-hydrogen) atoms. The summed E-state index contributed by atoms with van der Waals surface area (Å²) in [5.41, 5.74) is 0.694. The van der Waals surface area contributed by atoms with Gasteiger partial charge in [-0.3, -0.25) is 0 Å². The maximum atomic E-state index is 9.41. The molecule has 0 saturated carbocycles. The predicted octanol–water partition coefficient (Wildman–Crippen LogP) is -0.797. The second-order valence-corrected chi connectivity index (χ2v) is 2.82. The van der Waals surface area contributed by atoms with Crippen molar-refractivity contribution in [1.29, 1.82) is 0 Å². The van der Waals surface area contributed by atoms with E-state index >= 15 is 0 Å². The van der Waals surface area contributed by atoms with Gasteiger partial charge >= 0.3 is 0 Å². The average Bonchev–Trinajstić information content (AvgIpc) is 2.64. The lowest BCUT2D eigenvalue weighted by atomic mass is 10.1. The zero-order valence-electron chi connectivity index (χ0n) is 6.34. The second-order valence-electron chi connectivity index (χ2n) is 2.82. The number of aromatic nitrogens is 2. The Morgan fingerprint density at radius 3 is 2.92 bits per heavy atom. The van der Waals surface area contributed by atoms with E-state index in [1.54, 1.807) is 6.20 Å². The van der Waals surface area contributed by atoms with Crippen molar-refractivity contribution >= 4 is 0 Å². The van der Waals surface area contributed by atoms with Gasteiger partial charge < -0.3 is 19.9 Å². The molecule has 0 aromatic carbocycles. The summed E-state index contributed by atoms with van der Waals surface area (Å²) in [4.78, 5) is 6.62. The molecular weight excluding hydrogens is 160 g/mol. The van der Waals surface area contributed by atoms with Gasteiger partial charge in [-0.2, -0.15) is 0 Å². The Bertz CT molecular complexity index is 249. The van der Waals surface area contributed by atoms with Crippen molar-refractivity contribution in [1.82, 2.24) is 9.97 Å². The molecule has 2 rings (SSSR count). The number of hydrogen-bond donors (Lipinski definition) is 3. The molecule has 1 aromatic rings. The van der Waals surface area contributed by atoms with Crippen molar-refractivity contribution in [3.05, 3.63) is 18.2 Å². The third-order valence-electron chi connectivity index (χ3n) is 1.98. The number of H-pyrrole nitrogens is 1. The molecule has 0 amide bonds. The summed E-state index contributed by atoms with van der Waals surface area (Å²) in [5, 5.41) is 18.6. The molecule has 1 aromatic heterocycles. The van der Waals surface area contributed by atoms with E-state index in [4.69, 9.17) is 9.84 Å². The van der Waals surface area contributed by atoms with Crippen LogP contribution in [0.2, 0.25) is 0 Å². The van der Waals surface area contributed by atoms with E-state index in [0.717, 1.165) is 0 Å². The van der Waals surface area contributed by atoms with Crippen molar-refractivity contribution in [3.63, 3.8) is 0 Å². The fraction of sp³-hybridized carbons (Fsp3) is 0.571. The number of rotatable bonds is 1. The van der Waals surface area contributed by atoms with Crippen LogP contribution in [0.25, 0.3) is 0 Å². The highest BCUT2D eigenvalue weighted by molar-refractivity contribution is 5.05. The van der Waals surface area contributed by atoms with Crippen molar-refractivity contribution in [2.45, 2.75) is 18.3 Å². The lowest BCUT2D eigenvalue weighted by Gasteiger charge is -2.11. The van der Waals surface area contributed by atoms with Gasteiger partial charge in [-0.05, 0) is 0 Å². The van der Waals surface area contributed by atoms with Crippen LogP contribution in [-0.2, 0) is 4.74 Å². The maximum Gasteiger partial charge on any atom is 0.127 e. The molecular formula is C7H10N2O3. The summed E-state index contributed by atoms with van der Waals surface area (Å²) in [6.07, 6.45) is 0.966. The zero-order chi connectivity index (χ0) is 8.55. The average molecular weight is 170 g/mol. The van der Waals surface area contributed by atoms with Gasteiger partial charge in [0.15, 0.2) is 0 Å². The van der Waals surface area contributed by atoms with E-state index in [2.05, 4.69) is 9.97 Å². The SMILES string of the molecule is O[C@H]1[C@@H](c2cnc[nH]2)OC[C@@H]1O.